The van der Waals surface area contributed by atoms with Crippen LogP contribution in [0.1, 0.15) is 16.7 Å². The molecule has 1 atom stereocenters. The van der Waals surface area contributed by atoms with Crippen LogP contribution in [0.5, 0.6) is 0 Å². The van der Waals surface area contributed by atoms with Crippen molar-refractivity contribution >= 4 is 15.9 Å². The average Bonchev–Trinajstić information content (AvgIpc) is 2.44. The Labute approximate surface area is 127 Å². The maximum atomic E-state index is 13.3. The van der Waals surface area contributed by atoms with E-state index in [4.69, 9.17) is 5.84 Å². The first-order valence-electron chi connectivity index (χ1n) is 6.54. The van der Waals surface area contributed by atoms with Crippen LogP contribution in [0.4, 0.5) is 4.39 Å². The van der Waals surface area contributed by atoms with Crippen molar-refractivity contribution in [1.29, 1.82) is 0 Å². The minimum Gasteiger partial charge on any atom is -0.271 e. The van der Waals surface area contributed by atoms with Gasteiger partial charge in [-0.15, -0.1) is 0 Å². The molecule has 1 unspecified atom stereocenters. The molecular weight excluding hydrogens is 319 g/mol. The molecule has 0 saturated heterocycles. The quantitative estimate of drug-likeness (QED) is 0.647. The van der Waals surface area contributed by atoms with Crippen LogP contribution in [0.2, 0.25) is 0 Å². The summed E-state index contributed by atoms with van der Waals surface area (Å²) in [5.74, 6) is 5.42. The minimum atomic E-state index is -0.227. The molecule has 0 aliphatic carbocycles. The Morgan fingerprint density at radius 2 is 1.85 bits per heavy atom. The molecule has 0 heterocycles. The van der Waals surface area contributed by atoms with Crippen LogP contribution < -0.4 is 11.3 Å². The first kappa shape index (κ1) is 15.2. The van der Waals surface area contributed by atoms with Crippen molar-refractivity contribution < 1.29 is 4.39 Å². The van der Waals surface area contributed by atoms with Gasteiger partial charge in [0.15, 0.2) is 0 Å². The number of hydrazine groups is 1. The van der Waals surface area contributed by atoms with E-state index in [1.165, 1.54) is 17.2 Å². The average molecular weight is 337 g/mol. The summed E-state index contributed by atoms with van der Waals surface area (Å²) in [5, 5.41) is 0. The summed E-state index contributed by atoms with van der Waals surface area (Å²) in [6, 6.07) is 13.0. The van der Waals surface area contributed by atoms with Gasteiger partial charge in [0.25, 0.3) is 0 Å². The molecule has 0 aliphatic heterocycles. The highest BCUT2D eigenvalue weighted by Crippen LogP contribution is 2.20. The maximum Gasteiger partial charge on any atom is 0.123 e. The van der Waals surface area contributed by atoms with E-state index in [2.05, 4.69) is 40.4 Å². The van der Waals surface area contributed by atoms with Crippen LogP contribution >= 0.6 is 15.9 Å². The summed E-state index contributed by atoms with van der Waals surface area (Å²) in [6.45, 7) is 2.08. The van der Waals surface area contributed by atoms with E-state index in [0.29, 0.717) is 6.42 Å². The van der Waals surface area contributed by atoms with Crippen molar-refractivity contribution in [3.05, 3.63) is 69.4 Å². The zero-order valence-electron chi connectivity index (χ0n) is 11.4. The second-order valence-electron chi connectivity index (χ2n) is 4.93. The Morgan fingerprint density at radius 3 is 2.55 bits per heavy atom. The topological polar surface area (TPSA) is 38.0 Å². The van der Waals surface area contributed by atoms with Crippen molar-refractivity contribution in [3.8, 4) is 0 Å². The molecule has 4 heteroatoms. The first-order chi connectivity index (χ1) is 9.60. The number of hydrogen-bond donors (Lipinski definition) is 2. The molecule has 0 fully saturated rings. The van der Waals surface area contributed by atoms with Crippen LogP contribution in [-0.4, -0.2) is 6.04 Å². The third-order valence-electron chi connectivity index (χ3n) is 3.44. The fourth-order valence-corrected chi connectivity index (χ4v) is 2.67. The Bertz CT molecular complexity index is 586. The Morgan fingerprint density at radius 1 is 1.15 bits per heavy atom. The van der Waals surface area contributed by atoms with Crippen LogP contribution in [-0.2, 0) is 12.8 Å². The first-order valence-corrected chi connectivity index (χ1v) is 7.34. The largest absolute Gasteiger partial charge is 0.271 e. The van der Waals surface area contributed by atoms with Gasteiger partial charge in [-0.25, -0.2) is 4.39 Å². The highest BCUT2D eigenvalue weighted by atomic mass is 79.9. The summed E-state index contributed by atoms with van der Waals surface area (Å²) in [7, 11) is 0. The smallest absolute Gasteiger partial charge is 0.123 e. The molecule has 2 rings (SSSR count). The monoisotopic (exact) mass is 336 g/mol. The molecule has 20 heavy (non-hydrogen) atoms. The van der Waals surface area contributed by atoms with Crippen LogP contribution in [0.25, 0.3) is 0 Å². The molecule has 0 amide bonds. The fourth-order valence-electron chi connectivity index (χ4n) is 2.26. The lowest BCUT2D eigenvalue weighted by molar-refractivity contribution is 0.519. The second kappa shape index (κ2) is 6.97. The van der Waals surface area contributed by atoms with E-state index >= 15 is 0 Å². The molecule has 2 aromatic rings. The summed E-state index contributed by atoms with van der Waals surface area (Å²) in [4.78, 5) is 0. The van der Waals surface area contributed by atoms with Gasteiger partial charge in [0.05, 0.1) is 0 Å². The SMILES string of the molecule is Cc1ccccc1CC(Cc1cc(F)ccc1Br)NN. The molecule has 0 saturated carbocycles. The van der Waals surface area contributed by atoms with Crippen molar-refractivity contribution in [2.24, 2.45) is 5.84 Å². The van der Waals surface area contributed by atoms with E-state index in [9.17, 15) is 4.39 Å². The Balaban J connectivity index is 2.13. The maximum absolute atomic E-state index is 13.3. The number of nitrogens with one attached hydrogen (secondary N) is 1. The molecule has 2 nitrogen and oxygen atoms in total. The van der Waals surface area contributed by atoms with E-state index in [1.54, 1.807) is 12.1 Å². The molecule has 0 bridgehead atoms. The standard InChI is InChI=1S/C16H18BrFN2/c1-11-4-2-3-5-12(11)9-15(20-19)10-13-8-14(18)6-7-16(13)17/h2-8,15,20H,9-10,19H2,1H3. The normalized spacial score (nSPS) is 12.4. The second-order valence-corrected chi connectivity index (χ2v) is 5.79. The number of aryl methyl sites for hydroxylation is 1. The van der Waals surface area contributed by atoms with Crippen molar-refractivity contribution in [1.82, 2.24) is 5.43 Å². The van der Waals surface area contributed by atoms with Gasteiger partial charge < -0.3 is 0 Å². The zero-order chi connectivity index (χ0) is 14.5. The summed E-state index contributed by atoms with van der Waals surface area (Å²) >= 11 is 3.45. The lowest BCUT2D eigenvalue weighted by Gasteiger charge is -2.18. The fraction of sp³-hybridized carbons (Fsp3) is 0.250. The number of nitrogens with two attached hydrogens (primary N) is 1. The molecule has 3 N–H and O–H groups in total. The Kier molecular flexibility index (Phi) is 5.29. The van der Waals surface area contributed by atoms with Gasteiger partial charge in [0.2, 0.25) is 0 Å². The van der Waals surface area contributed by atoms with Crippen LogP contribution in [0.3, 0.4) is 0 Å². The lowest BCUT2D eigenvalue weighted by Crippen LogP contribution is -2.38. The van der Waals surface area contributed by atoms with E-state index in [-0.39, 0.29) is 11.9 Å². The number of hydrogen-bond acceptors (Lipinski definition) is 2. The molecule has 0 radical (unpaired) electrons. The molecule has 0 aromatic heterocycles. The molecule has 2 aromatic carbocycles. The number of benzene rings is 2. The van der Waals surface area contributed by atoms with Gasteiger partial charge in [-0.2, -0.15) is 0 Å². The van der Waals surface area contributed by atoms with Crippen molar-refractivity contribution in [3.63, 3.8) is 0 Å². The predicted octanol–water partition coefficient (Wildman–Crippen LogP) is 3.51. The van der Waals surface area contributed by atoms with E-state index < -0.39 is 0 Å². The van der Waals surface area contributed by atoms with E-state index in [0.717, 1.165) is 16.5 Å². The molecule has 0 aliphatic rings. The number of halogens is 2. The third-order valence-corrected chi connectivity index (χ3v) is 4.21. The van der Waals surface area contributed by atoms with E-state index in [1.807, 2.05) is 12.1 Å². The summed E-state index contributed by atoms with van der Waals surface area (Å²) in [6.07, 6.45) is 1.48. The summed E-state index contributed by atoms with van der Waals surface area (Å²) in [5.41, 5.74) is 6.24. The molecule has 106 valence electrons. The van der Waals surface area contributed by atoms with Gasteiger partial charge in [0, 0.05) is 10.5 Å². The van der Waals surface area contributed by atoms with Crippen molar-refractivity contribution in [2.75, 3.05) is 0 Å². The van der Waals surface area contributed by atoms with Crippen LogP contribution in [0, 0.1) is 12.7 Å². The van der Waals surface area contributed by atoms with Gasteiger partial charge >= 0.3 is 0 Å². The molecular formula is C16H18BrFN2. The molecule has 0 spiro atoms. The predicted molar refractivity (Wildman–Crippen MR) is 83.8 cm³/mol. The van der Waals surface area contributed by atoms with Gasteiger partial charge in [-0.1, -0.05) is 40.2 Å². The van der Waals surface area contributed by atoms with Gasteiger partial charge in [-0.3, -0.25) is 11.3 Å². The zero-order valence-corrected chi connectivity index (χ0v) is 13.0. The lowest BCUT2D eigenvalue weighted by atomic mass is 9.97. The number of rotatable bonds is 5. The van der Waals surface area contributed by atoms with Crippen LogP contribution in [0.15, 0.2) is 46.9 Å². The minimum absolute atomic E-state index is 0.0641. The van der Waals surface area contributed by atoms with Gasteiger partial charge in [0.1, 0.15) is 5.82 Å². The Hall–Kier alpha value is -1.23. The highest BCUT2D eigenvalue weighted by Gasteiger charge is 2.12. The third kappa shape index (κ3) is 3.88. The van der Waals surface area contributed by atoms with Gasteiger partial charge in [-0.05, 0) is 54.7 Å². The summed E-state index contributed by atoms with van der Waals surface area (Å²) < 4.78 is 14.2. The van der Waals surface area contributed by atoms with Crippen molar-refractivity contribution in [2.45, 2.75) is 25.8 Å². The highest BCUT2D eigenvalue weighted by molar-refractivity contribution is 9.10.